The molecule has 3 aromatic heterocycles. The summed E-state index contributed by atoms with van der Waals surface area (Å²) in [6.07, 6.45) is 2.73. The number of hydrogen-bond donors (Lipinski definition) is 0. The first-order valence-corrected chi connectivity index (χ1v) is 6.82. The van der Waals surface area contributed by atoms with Crippen molar-refractivity contribution in [2.24, 2.45) is 7.05 Å². The zero-order chi connectivity index (χ0) is 15.9. The molecule has 0 spiro atoms. The Labute approximate surface area is 131 Å². The Balaban J connectivity index is 2.36. The molecule has 3 aromatic rings. The molecule has 22 heavy (non-hydrogen) atoms. The van der Waals surface area contributed by atoms with Gasteiger partial charge in [0.2, 0.25) is 5.88 Å². The molecule has 0 bridgehead atoms. The summed E-state index contributed by atoms with van der Waals surface area (Å²) in [6, 6.07) is 3.61. The van der Waals surface area contributed by atoms with Crippen LogP contribution in [0.5, 0.6) is 11.6 Å². The second-order valence-corrected chi connectivity index (χ2v) is 5.07. The first-order chi connectivity index (χ1) is 10.6. The predicted octanol–water partition coefficient (Wildman–Crippen LogP) is 3.45. The summed E-state index contributed by atoms with van der Waals surface area (Å²) in [6.45, 7) is 0. The number of rotatable bonds is 3. The quantitative estimate of drug-likeness (QED) is 0.693. The van der Waals surface area contributed by atoms with Crippen molar-refractivity contribution in [3.63, 3.8) is 0 Å². The van der Waals surface area contributed by atoms with Crippen LogP contribution in [0.2, 0.25) is 5.15 Å². The molecule has 0 N–H and O–H groups in total. The Morgan fingerprint density at radius 3 is 2.59 bits per heavy atom. The second-order valence-electron chi connectivity index (χ2n) is 4.68. The van der Waals surface area contributed by atoms with Crippen LogP contribution in [0.4, 0.5) is 4.39 Å². The first-order valence-electron chi connectivity index (χ1n) is 6.44. The van der Waals surface area contributed by atoms with Crippen molar-refractivity contribution in [2.45, 2.75) is 0 Å². The molecule has 0 saturated carbocycles. The van der Waals surface area contributed by atoms with Gasteiger partial charge in [0.1, 0.15) is 10.7 Å². The van der Waals surface area contributed by atoms with Crippen molar-refractivity contribution in [3.8, 4) is 22.9 Å². The van der Waals surface area contributed by atoms with Gasteiger partial charge < -0.3 is 14.0 Å². The van der Waals surface area contributed by atoms with Crippen LogP contribution in [0.25, 0.3) is 22.2 Å². The number of ether oxygens (including phenoxy) is 2. The number of aromatic nitrogens is 3. The van der Waals surface area contributed by atoms with Crippen molar-refractivity contribution in [2.75, 3.05) is 14.2 Å². The third-order valence-electron chi connectivity index (χ3n) is 3.50. The van der Waals surface area contributed by atoms with E-state index in [4.69, 9.17) is 21.1 Å². The van der Waals surface area contributed by atoms with Crippen molar-refractivity contribution < 1.29 is 13.9 Å². The molecule has 0 radical (unpaired) electrons. The van der Waals surface area contributed by atoms with Crippen LogP contribution in [0.15, 0.2) is 24.5 Å². The Kier molecular flexibility index (Phi) is 3.62. The fourth-order valence-corrected chi connectivity index (χ4v) is 2.65. The van der Waals surface area contributed by atoms with Gasteiger partial charge >= 0.3 is 0 Å². The van der Waals surface area contributed by atoms with E-state index in [9.17, 15) is 4.39 Å². The molecule has 0 fully saturated rings. The monoisotopic (exact) mass is 321 g/mol. The number of hydrogen-bond acceptors (Lipinski definition) is 4. The van der Waals surface area contributed by atoms with Crippen LogP contribution in [-0.2, 0) is 7.05 Å². The van der Waals surface area contributed by atoms with E-state index in [2.05, 4.69) is 9.97 Å². The maximum absolute atomic E-state index is 14.0. The lowest BCUT2D eigenvalue weighted by atomic mass is 10.1. The lowest BCUT2D eigenvalue weighted by molar-refractivity contribution is 0.367. The maximum Gasteiger partial charge on any atom is 0.226 e. The molecule has 5 nitrogen and oxygen atoms in total. The minimum absolute atomic E-state index is 0.0804. The van der Waals surface area contributed by atoms with E-state index in [0.29, 0.717) is 16.4 Å². The zero-order valence-electron chi connectivity index (χ0n) is 12.2. The first kappa shape index (κ1) is 14.6. The minimum Gasteiger partial charge on any atom is -0.493 e. The summed E-state index contributed by atoms with van der Waals surface area (Å²) in [5.41, 5.74) is 1.99. The van der Waals surface area contributed by atoms with Crippen LogP contribution >= 0.6 is 11.6 Å². The normalized spacial score (nSPS) is 11.0. The van der Waals surface area contributed by atoms with E-state index < -0.39 is 5.82 Å². The Morgan fingerprint density at radius 2 is 1.91 bits per heavy atom. The fourth-order valence-electron chi connectivity index (χ4n) is 2.48. The van der Waals surface area contributed by atoms with Crippen LogP contribution in [0, 0.1) is 5.82 Å². The molecule has 3 heterocycles. The third kappa shape index (κ3) is 2.16. The van der Waals surface area contributed by atoms with E-state index >= 15 is 0 Å². The van der Waals surface area contributed by atoms with Gasteiger partial charge in [-0.15, -0.1) is 0 Å². The molecule has 0 amide bonds. The highest BCUT2D eigenvalue weighted by atomic mass is 35.5. The van der Waals surface area contributed by atoms with Gasteiger partial charge in [-0.3, -0.25) is 0 Å². The van der Waals surface area contributed by atoms with Crippen LogP contribution in [-0.4, -0.2) is 28.8 Å². The van der Waals surface area contributed by atoms with Gasteiger partial charge in [-0.1, -0.05) is 11.6 Å². The van der Waals surface area contributed by atoms with E-state index in [1.54, 1.807) is 12.3 Å². The SMILES string of the molecule is COc1ncc(F)c(OC)c1-c1cc2cc(Cl)ncc2n1C. The summed E-state index contributed by atoms with van der Waals surface area (Å²) in [7, 11) is 4.73. The van der Waals surface area contributed by atoms with Gasteiger partial charge in [0.05, 0.1) is 37.8 Å². The smallest absolute Gasteiger partial charge is 0.226 e. The highest BCUT2D eigenvalue weighted by molar-refractivity contribution is 6.30. The molecule has 3 rings (SSSR count). The number of aryl methyl sites for hydroxylation is 1. The average Bonchev–Trinajstić information content (AvgIpc) is 2.82. The van der Waals surface area contributed by atoms with Gasteiger partial charge in [0.25, 0.3) is 0 Å². The third-order valence-corrected chi connectivity index (χ3v) is 3.71. The summed E-state index contributed by atoms with van der Waals surface area (Å²) in [4.78, 5) is 8.05. The van der Waals surface area contributed by atoms with Crippen LogP contribution in [0.3, 0.4) is 0 Å². The molecule has 7 heteroatoms. The molecule has 0 atom stereocenters. The standard InChI is InChI=1S/C15H13ClFN3O2/c1-20-10(4-8-5-12(16)18-7-11(8)20)13-14(21-2)9(17)6-19-15(13)22-3/h4-7H,1-3H3. The summed E-state index contributed by atoms with van der Waals surface area (Å²) in [5, 5.41) is 1.27. The Hall–Kier alpha value is -2.34. The predicted molar refractivity (Wildman–Crippen MR) is 82.0 cm³/mol. The zero-order valence-corrected chi connectivity index (χ0v) is 13.0. The van der Waals surface area contributed by atoms with Gasteiger partial charge in [-0.05, 0) is 12.1 Å². The Bertz CT molecular complexity index is 864. The van der Waals surface area contributed by atoms with Crippen molar-refractivity contribution in [1.82, 2.24) is 14.5 Å². The minimum atomic E-state index is -0.556. The number of halogens is 2. The molecule has 0 aliphatic heterocycles. The van der Waals surface area contributed by atoms with Gasteiger partial charge in [0.15, 0.2) is 11.6 Å². The van der Waals surface area contributed by atoms with Crippen molar-refractivity contribution >= 4 is 22.5 Å². The largest absolute Gasteiger partial charge is 0.493 e. The molecule has 0 aromatic carbocycles. The number of nitrogens with zero attached hydrogens (tertiary/aromatic N) is 3. The lowest BCUT2D eigenvalue weighted by Crippen LogP contribution is -2.01. The molecule has 0 saturated heterocycles. The molecular formula is C15H13ClFN3O2. The van der Waals surface area contributed by atoms with Gasteiger partial charge in [-0.2, -0.15) is 0 Å². The van der Waals surface area contributed by atoms with Gasteiger partial charge in [0, 0.05) is 12.4 Å². The highest BCUT2D eigenvalue weighted by Crippen LogP contribution is 2.40. The summed E-state index contributed by atoms with van der Waals surface area (Å²) < 4.78 is 26.3. The van der Waals surface area contributed by atoms with E-state index in [0.717, 1.165) is 17.1 Å². The fraction of sp³-hybridized carbons (Fsp3) is 0.200. The summed E-state index contributed by atoms with van der Waals surface area (Å²) >= 11 is 5.93. The molecule has 0 unspecified atom stereocenters. The lowest BCUT2D eigenvalue weighted by Gasteiger charge is -2.13. The number of methoxy groups -OCH3 is 2. The second kappa shape index (κ2) is 5.46. The maximum atomic E-state index is 14.0. The van der Waals surface area contributed by atoms with E-state index in [1.807, 2.05) is 17.7 Å². The molecule has 0 aliphatic carbocycles. The van der Waals surface area contributed by atoms with Gasteiger partial charge in [-0.25, -0.2) is 14.4 Å². The van der Waals surface area contributed by atoms with Crippen molar-refractivity contribution in [3.05, 3.63) is 35.5 Å². The summed E-state index contributed by atoms with van der Waals surface area (Å²) in [5.74, 6) is -0.195. The topological polar surface area (TPSA) is 49.2 Å². The molecular weight excluding hydrogens is 309 g/mol. The Morgan fingerprint density at radius 1 is 1.14 bits per heavy atom. The van der Waals surface area contributed by atoms with Crippen LogP contribution < -0.4 is 9.47 Å². The van der Waals surface area contributed by atoms with Crippen LogP contribution in [0.1, 0.15) is 0 Å². The average molecular weight is 322 g/mol. The van der Waals surface area contributed by atoms with E-state index in [-0.39, 0.29) is 11.6 Å². The van der Waals surface area contributed by atoms with Crippen molar-refractivity contribution in [1.29, 1.82) is 0 Å². The molecule has 0 aliphatic rings. The number of pyridine rings is 2. The highest BCUT2D eigenvalue weighted by Gasteiger charge is 2.22. The van der Waals surface area contributed by atoms with E-state index in [1.165, 1.54) is 14.2 Å². The number of fused-ring (bicyclic) bond motifs is 1. The molecule has 114 valence electrons.